The van der Waals surface area contributed by atoms with E-state index in [0.29, 0.717) is 0 Å². The number of pyridine rings is 1. The molecule has 0 aromatic carbocycles. The molecule has 0 aliphatic carbocycles. The number of hydrogen-bond donors (Lipinski definition) is 0. The second kappa shape index (κ2) is 6.95. The minimum atomic E-state index is -0.291. The third-order valence-electron chi connectivity index (χ3n) is 3.46. The topological polar surface area (TPSA) is 47.5 Å². The van der Waals surface area contributed by atoms with Crippen LogP contribution in [-0.2, 0) is 6.42 Å². The fraction of sp³-hybridized carbons (Fsp3) is 0.294. The first-order chi connectivity index (χ1) is 10.8. The van der Waals surface area contributed by atoms with Crippen LogP contribution in [0.15, 0.2) is 52.0 Å². The predicted molar refractivity (Wildman–Crippen MR) is 88.4 cm³/mol. The number of rotatable bonds is 6. The van der Waals surface area contributed by atoms with Gasteiger partial charge < -0.3 is 0 Å². The van der Waals surface area contributed by atoms with E-state index in [1.807, 2.05) is 30.5 Å². The number of aryl methyl sites for hydroxylation is 1. The third-order valence-corrected chi connectivity index (χ3v) is 5.80. The van der Waals surface area contributed by atoms with Crippen molar-refractivity contribution in [2.24, 2.45) is 0 Å². The van der Waals surface area contributed by atoms with Crippen molar-refractivity contribution in [3.8, 4) is 0 Å². The van der Waals surface area contributed by atoms with Crippen LogP contribution in [0.1, 0.15) is 31.9 Å². The molecule has 4 nitrogen and oxygen atoms in total. The van der Waals surface area contributed by atoms with Gasteiger partial charge in [-0.3, -0.25) is 0 Å². The van der Waals surface area contributed by atoms with E-state index in [0.717, 1.165) is 28.6 Å². The SMILES string of the molecule is CCCCCc1nc2ccccn2c1[Se]c1ccoc(=O)c1. The average molecular weight is 361 g/mol. The van der Waals surface area contributed by atoms with Gasteiger partial charge in [-0.25, -0.2) is 0 Å². The van der Waals surface area contributed by atoms with Gasteiger partial charge in [0.25, 0.3) is 0 Å². The van der Waals surface area contributed by atoms with Crippen LogP contribution >= 0.6 is 0 Å². The Morgan fingerprint density at radius 2 is 2.18 bits per heavy atom. The summed E-state index contributed by atoms with van der Waals surface area (Å²) in [6, 6.07) is 9.51. The molecular formula is C17H18N2O2Se. The van der Waals surface area contributed by atoms with Crippen LogP contribution in [0.4, 0.5) is 0 Å². The maximum atomic E-state index is 11.4. The Kier molecular flexibility index (Phi) is 4.76. The predicted octanol–water partition coefficient (Wildman–Crippen LogP) is 1.68. The van der Waals surface area contributed by atoms with Gasteiger partial charge in [-0.05, 0) is 0 Å². The Morgan fingerprint density at radius 1 is 1.27 bits per heavy atom. The fourth-order valence-corrected chi connectivity index (χ4v) is 4.52. The summed E-state index contributed by atoms with van der Waals surface area (Å²) in [4.78, 5) is 16.2. The molecular weight excluding hydrogens is 343 g/mol. The fourth-order valence-electron chi connectivity index (χ4n) is 2.38. The zero-order chi connectivity index (χ0) is 15.4. The molecule has 22 heavy (non-hydrogen) atoms. The van der Waals surface area contributed by atoms with Gasteiger partial charge in [0.05, 0.1) is 0 Å². The van der Waals surface area contributed by atoms with E-state index in [1.165, 1.54) is 23.7 Å². The van der Waals surface area contributed by atoms with Crippen LogP contribution in [0.5, 0.6) is 0 Å². The van der Waals surface area contributed by atoms with Gasteiger partial charge >= 0.3 is 135 Å². The van der Waals surface area contributed by atoms with Crippen LogP contribution in [0, 0.1) is 0 Å². The van der Waals surface area contributed by atoms with Crippen molar-refractivity contribution < 1.29 is 4.42 Å². The molecule has 0 aliphatic rings. The van der Waals surface area contributed by atoms with E-state index >= 15 is 0 Å². The van der Waals surface area contributed by atoms with Gasteiger partial charge in [0.2, 0.25) is 0 Å². The summed E-state index contributed by atoms with van der Waals surface area (Å²) < 4.78 is 9.21. The monoisotopic (exact) mass is 362 g/mol. The number of nitrogens with zero attached hydrogens (tertiary/aromatic N) is 2. The van der Waals surface area contributed by atoms with E-state index in [4.69, 9.17) is 9.40 Å². The van der Waals surface area contributed by atoms with Gasteiger partial charge in [0, 0.05) is 0 Å². The molecule has 0 saturated carbocycles. The third kappa shape index (κ3) is 3.32. The van der Waals surface area contributed by atoms with Crippen LogP contribution in [0.2, 0.25) is 0 Å². The van der Waals surface area contributed by atoms with Crippen LogP contribution < -0.4 is 14.7 Å². The quantitative estimate of drug-likeness (QED) is 0.496. The molecule has 0 radical (unpaired) electrons. The number of unbranched alkanes of at least 4 members (excludes halogenated alkanes) is 2. The Bertz CT molecular complexity index is 823. The summed E-state index contributed by atoms with van der Waals surface area (Å²) in [5, 5.41) is 0. The summed E-state index contributed by atoms with van der Waals surface area (Å²) in [6.07, 6.45) is 8.09. The second-order valence-corrected chi connectivity index (χ2v) is 7.37. The van der Waals surface area contributed by atoms with Gasteiger partial charge in [-0.1, -0.05) is 0 Å². The summed E-state index contributed by atoms with van der Waals surface area (Å²) in [5.41, 5.74) is 1.85. The van der Waals surface area contributed by atoms with Crippen molar-refractivity contribution in [3.63, 3.8) is 0 Å². The first-order valence-corrected chi connectivity index (χ1v) is 9.22. The molecule has 3 aromatic heterocycles. The molecule has 0 fully saturated rings. The molecule has 0 bridgehead atoms. The average Bonchev–Trinajstić information content (AvgIpc) is 2.86. The van der Waals surface area contributed by atoms with Crippen molar-refractivity contribution >= 4 is 29.7 Å². The summed E-state index contributed by atoms with van der Waals surface area (Å²) in [5.74, 6) is 0. The van der Waals surface area contributed by atoms with Crippen molar-refractivity contribution in [1.29, 1.82) is 0 Å². The maximum absolute atomic E-state index is 11.4. The molecule has 0 atom stereocenters. The second-order valence-electron chi connectivity index (χ2n) is 5.14. The first kappa shape index (κ1) is 15.1. The number of hydrogen-bond acceptors (Lipinski definition) is 3. The minimum absolute atomic E-state index is 0.0399. The Balaban J connectivity index is 1.97. The number of fused-ring (bicyclic) bond motifs is 1. The van der Waals surface area contributed by atoms with Crippen LogP contribution in [0.25, 0.3) is 5.65 Å². The molecule has 3 aromatic rings. The Labute approximate surface area is 135 Å². The van der Waals surface area contributed by atoms with Gasteiger partial charge in [-0.15, -0.1) is 0 Å². The first-order valence-electron chi connectivity index (χ1n) is 7.50. The van der Waals surface area contributed by atoms with E-state index in [1.54, 1.807) is 6.07 Å². The Hall–Kier alpha value is -1.84. The zero-order valence-electron chi connectivity index (χ0n) is 12.5. The molecule has 114 valence electrons. The van der Waals surface area contributed by atoms with Crippen LogP contribution in [-0.4, -0.2) is 24.3 Å². The summed E-state index contributed by atoms with van der Waals surface area (Å²) in [6.45, 7) is 2.21. The van der Waals surface area contributed by atoms with Crippen LogP contribution in [0.3, 0.4) is 0 Å². The van der Waals surface area contributed by atoms with Crippen molar-refractivity contribution in [2.45, 2.75) is 32.6 Å². The number of imidazole rings is 1. The molecule has 5 heteroatoms. The molecule has 0 aliphatic heterocycles. The normalized spacial score (nSPS) is 11.1. The van der Waals surface area contributed by atoms with Gasteiger partial charge in [-0.2, -0.15) is 0 Å². The zero-order valence-corrected chi connectivity index (χ0v) is 14.2. The van der Waals surface area contributed by atoms with Crippen molar-refractivity contribution in [2.75, 3.05) is 0 Å². The molecule has 0 amide bonds. The van der Waals surface area contributed by atoms with Gasteiger partial charge in [0.15, 0.2) is 0 Å². The van der Waals surface area contributed by atoms with Crippen molar-refractivity contribution in [3.05, 3.63) is 58.9 Å². The standard InChI is InChI=1S/C17H18N2O2Se/c1-2-3-4-7-14-17(19-10-6-5-8-15(19)18-14)22-13-9-11-21-16(20)12-13/h5-6,8-12H,2-4,7H2,1H3. The molecule has 0 spiro atoms. The van der Waals surface area contributed by atoms with Crippen molar-refractivity contribution in [1.82, 2.24) is 9.38 Å². The Morgan fingerprint density at radius 3 is 3.00 bits per heavy atom. The van der Waals surface area contributed by atoms with E-state index in [2.05, 4.69) is 11.3 Å². The molecule has 3 heterocycles. The van der Waals surface area contributed by atoms with E-state index < -0.39 is 0 Å². The molecule has 0 saturated heterocycles. The number of aromatic nitrogens is 2. The van der Waals surface area contributed by atoms with Gasteiger partial charge in [0.1, 0.15) is 0 Å². The molecule has 0 unspecified atom stereocenters. The molecule has 3 rings (SSSR count). The summed E-state index contributed by atoms with van der Waals surface area (Å²) in [7, 11) is 0. The van der Waals surface area contributed by atoms with E-state index in [9.17, 15) is 4.79 Å². The van der Waals surface area contributed by atoms with E-state index in [-0.39, 0.29) is 20.6 Å². The molecule has 0 N–H and O–H groups in total. The summed E-state index contributed by atoms with van der Waals surface area (Å²) >= 11 is 0.0399.